The SMILES string of the molecule is CC(NC(=O)CCc1ccc(Cl)s1)(C(=O)O)C1CC1. The van der Waals surface area contributed by atoms with Gasteiger partial charge in [-0.05, 0) is 44.2 Å². The van der Waals surface area contributed by atoms with Crippen LogP contribution in [0.5, 0.6) is 0 Å². The molecule has 1 atom stereocenters. The predicted octanol–water partition coefficient (Wildman–Crippen LogP) is 2.70. The van der Waals surface area contributed by atoms with E-state index in [1.807, 2.05) is 6.07 Å². The van der Waals surface area contributed by atoms with Gasteiger partial charge in [0.05, 0.1) is 4.34 Å². The first-order valence-electron chi connectivity index (χ1n) is 6.20. The van der Waals surface area contributed by atoms with Crippen molar-refractivity contribution in [3.8, 4) is 0 Å². The molecule has 2 N–H and O–H groups in total. The molecule has 6 heteroatoms. The number of carbonyl (C=O) groups is 2. The summed E-state index contributed by atoms with van der Waals surface area (Å²) in [6.07, 6.45) is 2.60. The normalized spacial score (nSPS) is 17.8. The molecule has 0 aromatic carbocycles. The highest BCUT2D eigenvalue weighted by atomic mass is 35.5. The first-order valence-corrected chi connectivity index (χ1v) is 7.40. The van der Waals surface area contributed by atoms with Crippen molar-refractivity contribution in [2.45, 2.75) is 38.1 Å². The molecule has 1 aromatic heterocycles. The van der Waals surface area contributed by atoms with Gasteiger partial charge in [-0.3, -0.25) is 4.79 Å². The Morgan fingerprint density at radius 2 is 2.21 bits per heavy atom. The molecule has 1 unspecified atom stereocenters. The van der Waals surface area contributed by atoms with Crippen LogP contribution in [-0.4, -0.2) is 22.5 Å². The third kappa shape index (κ3) is 3.48. The van der Waals surface area contributed by atoms with Gasteiger partial charge in [0, 0.05) is 11.3 Å². The van der Waals surface area contributed by atoms with E-state index in [2.05, 4.69) is 5.32 Å². The maximum atomic E-state index is 11.9. The van der Waals surface area contributed by atoms with Crippen LogP contribution in [-0.2, 0) is 16.0 Å². The molecule has 1 aromatic rings. The standard InChI is InChI=1S/C13H16ClNO3S/c1-13(12(17)18,8-2-3-8)15-11(16)7-5-9-4-6-10(14)19-9/h4,6,8H,2-3,5,7H2,1H3,(H,15,16)(H,17,18). The Balaban J connectivity index is 1.88. The summed E-state index contributed by atoms with van der Waals surface area (Å²) in [7, 11) is 0. The summed E-state index contributed by atoms with van der Waals surface area (Å²) in [4.78, 5) is 24.2. The van der Waals surface area contributed by atoms with Gasteiger partial charge < -0.3 is 10.4 Å². The van der Waals surface area contributed by atoms with Gasteiger partial charge in [-0.1, -0.05) is 11.6 Å². The molecule has 4 nitrogen and oxygen atoms in total. The first kappa shape index (κ1) is 14.3. The number of aliphatic carboxylic acids is 1. The van der Waals surface area contributed by atoms with Crippen molar-refractivity contribution in [2.75, 3.05) is 0 Å². The number of amides is 1. The average molecular weight is 302 g/mol. The zero-order valence-corrected chi connectivity index (χ0v) is 12.2. The van der Waals surface area contributed by atoms with Gasteiger partial charge in [0.1, 0.15) is 5.54 Å². The zero-order valence-electron chi connectivity index (χ0n) is 10.6. The quantitative estimate of drug-likeness (QED) is 0.849. The number of hydrogen-bond donors (Lipinski definition) is 2. The van der Waals surface area contributed by atoms with Crippen molar-refractivity contribution in [3.63, 3.8) is 0 Å². The van der Waals surface area contributed by atoms with Crippen LogP contribution in [0, 0.1) is 5.92 Å². The van der Waals surface area contributed by atoms with Crippen LogP contribution in [0.25, 0.3) is 0 Å². The summed E-state index contributed by atoms with van der Waals surface area (Å²) in [6.45, 7) is 1.59. The van der Waals surface area contributed by atoms with Crippen LogP contribution in [0.3, 0.4) is 0 Å². The van der Waals surface area contributed by atoms with E-state index in [0.29, 0.717) is 10.8 Å². The number of halogens is 1. The fourth-order valence-electron chi connectivity index (χ4n) is 2.07. The number of nitrogens with one attached hydrogen (secondary N) is 1. The number of aryl methyl sites for hydroxylation is 1. The zero-order chi connectivity index (χ0) is 14.0. The highest BCUT2D eigenvalue weighted by Gasteiger charge is 2.48. The summed E-state index contributed by atoms with van der Waals surface area (Å²) in [5, 5.41) is 11.9. The summed E-state index contributed by atoms with van der Waals surface area (Å²) in [5.41, 5.74) is -1.12. The summed E-state index contributed by atoms with van der Waals surface area (Å²) >= 11 is 7.26. The fourth-order valence-corrected chi connectivity index (χ4v) is 3.15. The Labute approximate surface area is 120 Å². The van der Waals surface area contributed by atoms with Crippen LogP contribution in [0.4, 0.5) is 0 Å². The Hall–Kier alpha value is -1.07. The first-order chi connectivity index (χ1) is 8.91. The molecule has 0 saturated heterocycles. The Morgan fingerprint density at radius 3 is 2.68 bits per heavy atom. The maximum absolute atomic E-state index is 11.9. The van der Waals surface area contributed by atoms with Gasteiger partial charge in [-0.2, -0.15) is 0 Å². The van der Waals surface area contributed by atoms with Crippen LogP contribution in [0.1, 0.15) is 31.1 Å². The van der Waals surface area contributed by atoms with Crippen molar-refractivity contribution in [1.82, 2.24) is 5.32 Å². The predicted molar refractivity (Wildman–Crippen MR) is 74.6 cm³/mol. The number of hydrogen-bond acceptors (Lipinski definition) is 3. The van der Waals surface area contributed by atoms with Gasteiger partial charge >= 0.3 is 5.97 Å². The Kier molecular flexibility index (Phi) is 4.16. The lowest BCUT2D eigenvalue weighted by Gasteiger charge is -2.26. The second-order valence-electron chi connectivity index (χ2n) is 5.04. The van der Waals surface area contributed by atoms with E-state index < -0.39 is 11.5 Å². The topological polar surface area (TPSA) is 66.4 Å². The third-order valence-corrected chi connectivity index (χ3v) is 4.76. The largest absolute Gasteiger partial charge is 0.480 e. The second kappa shape index (κ2) is 5.51. The second-order valence-corrected chi connectivity index (χ2v) is 6.84. The van der Waals surface area contributed by atoms with E-state index in [-0.39, 0.29) is 18.2 Å². The lowest BCUT2D eigenvalue weighted by molar-refractivity contribution is -0.147. The minimum Gasteiger partial charge on any atom is -0.480 e. The van der Waals surface area contributed by atoms with E-state index in [1.165, 1.54) is 11.3 Å². The van der Waals surface area contributed by atoms with E-state index in [9.17, 15) is 14.7 Å². The van der Waals surface area contributed by atoms with Gasteiger partial charge in [0.15, 0.2) is 0 Å². The number of carboxylic acids is 1. The molecular weight excluding hydrogens is 286 g/mol. The molecule has 0 bridgehead atoms. The highest BCUT2D eigenvalue weighted by molar-refractivity contribution is 7.16. The van der Waals surface area contributed by atoms with Crippen molar-refractivity contribution in [1.29, 1.82) is 0 Å². The van der Waals surface area contributed by atoms with Crippen LogP contribution < -0.4 is 5.32 Å². The van der Waals surface area contributed by atoms with E-state index >= 15 is 0 Å². The molecule has 0 spiro atoms. The number of carboxylic acid groups (broad SMARTS) is 1. The minimum atomic E-state index is -1.12. The lowest BCUT2D eigenvalue weighted by Crippen LogP contribution is -2.54. The monoisotopic (exact) mass is 301 g/mol. The smallest absolute Gasteiger partial charge is 0.329 e. The van der Waals surface area contributed by atoms with E-state index in [4.69, 9.17) is 11.6 Å². The highest BCUT2D eigenvalue weighted by Crippen LogP contribution is 2.39. The van der Waals surface area contributed by atoms with Crippen LogP contribution >= 0.6 is 22.9 Å². The van der Waals surface area contributed by atoms with Gasteiger partial charge in [0.25, 0.3) is 0 Å². The number of thiophene rings is 1. The van der Waals surface area contributed by atoms with E-state index in [1.54, 1.807) is 13.0 Å². The van der Waals surface area contributed by atoms with Crippen molar-refractivity contribution < 1.29 is 14.7 Å². The Morgan fingerprint density at radius 1 is 1.53 bits per heavy atom. The molecule has 19 heavy (non-hydrogen) atoms. The minimum absolute atomic E-state index is 0.0603. The van der Waals surface area contributed by atoms with Crippen molar-refractivity contribution >= 4 is 34.8 Å². The molecule has 0 radical (unpaired) electrons. The average Bonchev–Trinajstić information content (AvgIpc) is 3.11. The molecule has 1 saturated carbocycles. The van der Waals surface area contributed by atoms with Gasteiger partial charge in [-0.25, -0.2) is 4.79 Å². The summed E-state index contributed by atoms with van der Waals surface area (Å²) in [5.74, 6) is -1.12. The van der Waals surface area contributed by atoms with E-state index in [0.717, 1.165) is 17.7 Å². The third-order valence-electron chi connectivity index (χ3n) is 3.46. The van der Waals surface area contributed by atoms with Gasteiger partial charge in [0.2, 0.25) is 5.91 Å². The molecular formula is C13H16ClNO3S. The molecule has 1 aliphatic carbocycles. The number of carbonyl (C=O) groups excluding carboxylic acids is 1. The fraction of sp³-hybridized carbons (Fsp3) is 0.538. The molecule has 1 amide bonds. The molecule has 2 rings (SSSR count). The lowest BCUT2D eigenvalue weighted by atomic mass is 9.95. The summed E-state index contributed by atoms with van der Waals surface area (Å²) < 4.78 is 0.698. The van der Waals surface area contributed by atoms with Crippen molar-refractivity contribution in [3.05, 3.63) is 21.3 Å². The molecule has 104 valence electrons. The molecule has 1 heterocycles. The molecule has 0 aliphatic heterocycles. The molecule has 1 aliphatic rings. The van der Waals surface area contributed by atoms with Crippen LogP contribution in [0.15, 0.2) is 12.1 Å². The van der Waals surface area contributed by atoms with Gasteiger partial charge in [-0.15, -0.1) is 11.3 Å². The summed E-state index contributed by atoms with van der Waals surface area (Å²) in [6, 6.07) is 3.68. The Bertz CT molecular complexity index is 498. The number of rotatable bonds is 6. The van der Waals surface area contributed by atoms with Crippen LogP contribution in [0.2, 0.25) is 4.34 Å². The van der Waals surface area contributed by atoms with Crippen molar-refractivity contribution in [2.24, 2.45) is 5.92 Å². The molecule has 1 fully saturated rings. The maximum Gasteiger partial charge on any atom is 0.329 e.